The lowest BCUT2D eigenvalue weighted by Gasteiger charge is -2.13. The van der Waals surface area contributed by atoms with Crippen molar-refractivity contribution in [3.63, 3.8) is 0 Å². The van der Waals surface area contributed by atoms with Crippen molar-refractivity contribution in [3.05, 3.63) is 46.3 Å². The van der Waals surface area contributed by atoms with Gasteiger partial charge in [-0.2, -0.15) is 0 Å². The quantitative estimate of drug-likeness (QED) is 0.653. The highest BCUT2D eigenvalue weighted by Crippen LogP contribution is 2.28. The van der Waals surface area contributed by atoms with Gasteiger partial charge in [-0.3, -0.25) is 0 Å². The summed E-state index contributed by atoms with van der Waals surface area (Å²) < 4.78 is 8.70. The van der Waals surface area contributed by atoms with Gasteiger partial charge in [-0.05, 0) is 32.0 Å². The predicted octanol–water partition coefficient (Wildman–Crippen LogP) is 4.44. The number of alkyl halides is 1. The molecule has 1 atom stereocenters. The van der Waals surface area contributed by atoms with Gasteiger partial charge in [0.2, 0.25) is 5.89 Å². The van der Waals surface area contributed by atoms with E-state index in [-0.39, 0.29) is 6.04 Å². The second-order valence-electron chi connectivity index (χ2n) is 4.65. The Bertz CT molecular complexity index is 765. The molecule has 0 aliphatic heterocycles. The monoisotopic (exact) mass is 353 g/mol. The highest BCUT2D eigenvalue weighted by atomic mass is 79.9. The number of benzene rings is 1. The van der Waals surface area contributed by atoms with Crippen LogP contribution in [0.25, 0.3) is 11.0 Å². The molecule has 1 aromatic carbocycles. The number of halogens is 2. The maximum Gasteiger partial charge on any atom is 0.217 e. The lowest BCUT2D eigenvalue weighted by molar-refractivity contribution is 0.415. The molecule has 0 saturated heterocycles. The first kappa shape index (κ1) is 13.6. The molecule has 0 aliphatic rings. The van der Waals surface area contributed by atoms with Crippen LogP contribution in [0.5, 0.6) is 0 Å². The minimum atomic E-state index is -0.0586. The molecule has 0 amide bonds. The van der Waals surface area contributed by atoms with Gasteiger partial charge >= 0.3 is 0 Å². The summed E-state index contributed by atoms with van der Waals surface area (Å²) in [7, 11) is 0. The summed E-state index contributed by atoms with van der Waals surface area (Å²) in [6, 6.07) is 5.92. The maximum absolute atomic E-state index is 6.03. The van der Waals surface area contributed by atoms with E-state index < -0.39 is 0 Å². The zero-order valence-electron chi connectivity index (χ0n) is 11.1. The third kappa shape index (κ3) is 2.25. The number of hydrogen-bond acceptors (Lipinski definition) is 3. The molecule has 0 fully saturated rings. The Morgan fingerprint density at radius 2 is 2.25 bits per heavy atom. The number of hydrogen-bond donors (Lipinski definition) is 0. The van der Waals surface area contributed by atoms with E-state index in [0.29, 0.717) is 11.8 Å². The van der Waals surface area contributed by atoms with Gasteiger partial charge in [-0.25, -0.2) is 9.97 Å². The zero-order chi connectivity index (χ0) is 14.3. The van der Waals surface area contributed by atoms with E-state index in [2.05, 4.69) is 30.5 Å². The average molecular weight is 355 g/mol. The number of oxazole rings is 1. The van der Waals surface area contributed by atoms with E-state index >= 15 is 0 Å². The largest absolute Gasteiger partial charge is 0.444 e. The third-order valence-electron chi connectivity index (χ3n) is 3.23. The van der Waals surface area contributed by atoms with Crippen LogP contribution in [-0.4, -0.2) is 14.5 Å². The van der Waals surface area contributed by atoms with Gasteiger partial charge in [-0.15, -0.1) is 11.6 Å². The molecule has 20 heavy (non-hydrogen) atoms. The van der Waals surface area contributed by atoms with Gasteiger partial charge in [0, 0.05) is 4.47 Å². The maximum atomic E-state index is 6.03. The number of nitrogens with zero attached hydrogens (tertiary/aromatic N) is 3. The van der Waals surface area contributed by atoms with E-state index in [4.69, 9.17) is 16.0 Å². The summed E-state index contributed by atoms with van der Waals surface area (Å²) in [4.78, 5) is 8.87. The third-order valence-corrected chi connectivity index (χ3v) is 3.96. The first-order valence-electron chi connectivity index (χ1n) is 6.25. The fourth-order valence-electron chi connectivity index (χ4n) is 2.32. The molecular formula is C14H13BrClN3O. The molecule has 104 valence electrons. The Balaban J connectivity index is 2.20. The molecule has 2 heterocycles. The van der Waals surface area contributed by atoms with Crippen LogP contribution in [0.15, 0.2) is 33.3 Å². The van der Waals surface area contributed by atoms with E-state index in [9.17, 15) is 0 Å². The lowest BCUT2D eigenvalue weighted by Crippen LogP contribution is -2.10. The van der Waals surface area contributed by atoms with Crippen LogP contribution in [0.2, 0.25) is 0 Å². The van der Waals surface area contributed by atoms with Gasteiger partial charge in [-0.1, -0.05) is 15.9 Å². The summed E-state index contributed by atoms with van der Waals surface area (Å²) in [5.41, 5.74) is 1.93. The molecule has 0 bridgehead atoms. The standard InChI is InChI=1S/C14H13BrClN3O/c1-8-7-17-14(20-8)9(2)19-12-5-10(15)3-4-11(12)18-13(19)6-16/h3-5,7,9H,6H2,1-2H3. The van der Waals surface area contributed by atoms with Gasteiger partial charge in [0.25, 0.3) is 0 Å². The highest BCUT2D eigenvalue weighted by molar-refractivity contribution is 9.10. The van der Waals surface area contributed by atoms with Crippen LogP contribution in [0.1, 0.15) is 30.4 Å². The second-order valence-corrected chi connectivity index (χ2v) is 5.83. The molecule has 3 rings (SSSR count). The highest BCUT2D eigenvalue weighted by Gasteiger charge is 2.20. The Morgan fingerprint density at radius 3 is 2.90 bits per heavy atom. The van der Waals surface area contributed by atoms with Crippen molar-refractivity contribution >= 4 is 38.6 Å². The Labute approximate surface area is 129 Å². The van der Waals surface area contributed by atoms with Crippen LogP contribution in [0.3, 0.4) is 0 Å². The average Bonchev–Trinajstić information content (AvgIpc) is 3.01. The van der Waals surface area contributed by atoms with Crippen molar-refractivity contribution in [2.24, 2.45) is 0 Å². The Kier molecular flexibility index (Phi) is 3.56. The summed E-state index contributed by atoms with van der Waals surface area (Å²) in [5, 5.41) is 0. The number of imidazole rings is 1. The molecule has 1 unspecified atom stereocenters. The van der Waals surface area contributed by atoms with Gasteiger partial charge in [0.1, 0.15) is 17.6 Å². The molecule has 2 aromatic heterocycles. The van der Waals surface area contributed by atoms with Crippen molar-refractivity contribution in [1.82, 2.24) is 14.5 Å². The molecule has 6 heteroatoms. The number of aromatic nitrogens is 3. The molecular weight excluding hydrogens is 342 g/mol. The van der Waals surface area contributed by atoms with Crippen molar-refractivity contribution in [2.75, 3.05) is 0 Å². The molecule has 0 saturated carbocycles. The molecule has 0 spiro atoms. The minimum absolute atomic E-state index is 0.0586. The summed E-state index contributed by atoms with van der Waals surface area (Å²) >= 11 is 9.53. The first-order valence-corrected chi connectivity index (χ1v) is 7.57. The molecule has 0 radical (unpaired) electrons. The molecule has 0 N–H and O–H groups in total. The normalized spacial score (nSPS) is 13.0. The Hall–Kier alpha value is -1.33. The van der Waals surface area contributed by atoms with Crippen molar-refractivity contribution in [3.8, 4) is 0 Å². The predicted molar refractivity (Wildman–Crippen MR) is 82.0 cm³/mol. The topological polar surface area (TPSA) is 43.9 Å². The van der Waals surface area contributed by atoms with Crippen LogP contribution < -0.4 is 0 Å². The van der Waals surface area contributed by atoms with Crippen LogP contribution in [0.4, 0.5) is 0 Å². The zero-order valence-corrected chi connectivity index (χ0v) is 13.4. The fraction of sp³-hybridized carbons (Fsp3) is 0.286. The van der Waals surface area contributed by atoms with Crippen LogP contribution in [-0.2, 0) is 5.88 Å². The first-order chi connectivity index (χ1) is 9.60. The molecule has 4 nitrogen and oxygen atoms in total. The number of fused-ring (bicyclic) bond motifs is 1. The van der Waals surface area contributed by atoms with Crippen LogP contribution in [0, 0.1) is 6.92 Å². The van der Waals surface area contributed by atoms with Crippen molar-refractivity contribution in [1.29, 1.82) is 0 Å². The van der Waals surface area contributed by atoms with E-state index in [1.807, 2.05) is 32.0 Å². The summed E-state index contributed by atoms with van der Waals surface area (Å²) in [6.07, 6.45) is 1.72. The smallest absolute Gasteiger partial charge is 0.217 e. The molecule has 3 aromatic rings. The van der Waals surface area contributed by atoms with Crippen molar-refractivity contribution in [2.45, 2.75) is 25.8 Å². The van der Waals surface area contributed by atoms with Crippen LogP contribution >= 0.6 is 27.5 Å². The van der Waals surface area contributed by atoms with Gasteiger partial charge in [0.05, 0.1) is 23.1 Å². The number of rotatable bonds is 3. The molecule has 0 aliphatic carbocycles. The lowest BCUT2D eigenvalue weighted by atomic mass is 10.2. The summed E-state index contributed by atoms with van der Waals surface area (Å²) in [6.45, 7) is 3.91. The second kappa shape index (κ2) is 5.22. The van der Waals surface area contributed by atoms with E-state index in [1.165, 1.54) is 0 Å². The van der Waals surface area contributed by atoms with Gasteiger partial charge < -0.3 is 8.98 Å². The van der Waals surface area contributed by atoms with E-state index in [0.717, 1.165) is 27.1 Å². The van der Waals surface area contributed by atoms with E-state index in [1.54, 1.807) is 6.20 Å². The fourth-order valence-corrected chi connectivity index (χ4v) is 2.86. The number of aryl methyl sites for hydroxylation is 1. The van der Waals surface area contributed by atoms with Crippen molar-refractivity contribution < 1.29 is 4.42 Å². The SMILES string of the molecule is Cc1cnc(C(C)n2c(CCl)nc3ccc(Br)cc32)o1. The minimum Gasteiger partial charge on any atom is -0.444 e. The summed E-state index contributed by atoms with van der Waals surface area (Å²) in [5.74, 6) is 2.61. The van der Waals surface area contributed by atoms with Gasteiger partial charge in [0.15, 0.2) is 0 Å². The Morgan fingerprint density at radius 1 is 1.45 bits per heavy atom.